The van der Waals surface area contributed by atoms with E-state index in [0.717, 1.165) is 24.2 Å². The molecule has 4 nitrogen and oxygen atoms in total. The zero-order valence-corrected chi connectivity index (χ0v) is 15.3. The maximum atomic E-state index is 12.5. The second-order valence-corrected chi connectivity index (χ2v) is 7.26. The summed E-state index contributed by atoms with van der Waals surface area (Å²) in [7, 11) is 1.64. The normalized spacial score (nSPS) is 14.4. The average molecular weight is 356 g/mol. The Hall–Kier alpha value is -1.98. The zero-order chi connectivity index (χ0) is 17.5. The molecule has 0 spiro atoms. The van der Waals surface area contributed by atoms with Crippen molar-refractivity contribution >= 4 is 23.4 Å². The third-order valence-electron chi connectivity index (χ3n) is 4.33. The predicted molar refractivity (Wildman–Crippen MR) is 104 cm³/mol. The van der Waals surface area contributed by atoms with E-state index in [9.17, 15) is 4.79 Å². The van der Waals surface area contributed by atoms with Crippen LogP contribution in [-0.2, 0) is 17.9 Å². The van der Waals surface area contributed by atoms with E-state index < -0.39 is 0 Å². The van der Waals surface area contributed by atoms with Gasteiger partial charge in [0.05, 0.1) is 6.61 Å². The summed E-state index contributed by atoms with van der Waals surface area (Å²) >= 11 is 2.01. The van der Waals surface area contributed by atoms with Crippen LogP contribution >= 0.6 is 11.8 Å². The number of amides is 1. The van der Waals surface area contributed by atoms with Crippen LogP contribution in [0.2, 0.25) is 0 Å². The third-order valence-corrected chi connectivity index (χ3v) is 5.27. The molecule has 0 aliphatic carbocycles. The minimum atomic E-state index is -0.0650. The molecule has 0 atom stereocenters. The number of hydrogen-bond donors (Lipinski definition) is 1. The average Bonchev–Trinajstić information content (AvgIpc) is 2.68. The minimum Gasteiger partial charge on any atom is -0.380 e. The standard InChI is InChI=1S/C20H24N2O2S/c1-24-15-17-4-2-3-5-19(17)20(23)21-14-16-6-8-18(9-7-16)22-10-12-25-13-11-22/h2-9H,10-15H2,1H3,(H,21,23). The maximum absolute atomic E-state index is 12.5. The highest BCUT2D eigenvalue weighted by molar-refractivity contribution is 7.99. The Morgan fingerprint density at radius 2 is 1.84 bits per heavy atom. The van der Waals surface area contributed by atoms with Crippen LogP contribution in [0, 0.1) is 0 Å². The molecule has 1 amide bonds. The minimum absolute atomic E-state index is 0.0650. The van der Waals surface area contributed by atoms with E-state index >= 15 is 0 Å². The molecule has 0 radical (unpaired) electrons. The molecule has 1 N–H and O–H groups in total. The smallest absolute Gasteiger partial charge is 0.251 e. The maximum Gasteiger partial charge on any atom is 0.251 e. The van der Waals surface area contributed by atoms with Gasteiger partial charge in [-0.15, -0.1) is 0 Å². The largest absolute Gasteiger partial charge is 0.380 e. The van der Waals surface area contributed by atoms with E-state index in [1.54, 1.807) is 7.11 Å². The van der Waals surface area contributed by atoms with Crippen LogP contribution in [0.15, 0.2) is 48.5 Å². The van der Waals surface area contributed by atoms with Gasteiger partial charge in [-0.05, 0) is 29.3 Å². The van der Waals surface area contributed by atoms with Crippen molar-refractivity contribution in [1.82, 2.24) is 5.32 Å². The highest BCUT2D eigenvalue weighted by atomic mass is 32.2. The van der Waals surface area contributed by atoms with Crippen LogP contribution in [0.3, 0.4) is 0 Å². The van der Waals surface area contributed by atoms with Gasteiger partial charge in [0.2, 0.25) is 0 Å². The molecule has 1 saturated heterocycles. The molecule has 0 aromatic heterocycles. The Bertz CT molecular complexity index is 697. The Morgan fingerprint density at radius 1 is 1.12 bits per heavy atom. The summed E-state index contributed by atoms with van der Waals surface area (Å²) in [5, 5.41) is 3.00. The van der Waals surface area contributed by atoms with Crippen molar-refractivity contribution in [2.24, 2.45) is 0 Å². The topological polar surface area (TPSA) is 41.6 Å². The SMILES string of the molecule is COCc1ccccc1C(=O)NCc1ccc(N2CCSCC2)cc1. The second-order valence-electron chi connectivity index (χ2n) is 6.04. The molecule has 1 aliphatic heterocycles. The summed E-state index contributed by atoms with van der Waals surface area (Å²) in [6, 6.07) is 16.0. The van der Waals surface area contributed by atoms with Crippen LogP contribution < -0.4 is 10.2 Å². The van der Waals surface area contributed by atoms with E-state index in [-0.39, 0.29) is 5.91 Å². The molecule has 132 valence electrons. The van der Waals surface area contributed by atoms with E-state index in [0.29, 0.717) is 18.7 Å². The van der Waals surface area contributed by atoms with Crippen molar-refractivity contribution < 1.29 is 9.53 Å². The number of ether oxygens (including phenoxy) is 1. The van der Waals surface area contributed by atoms with E-state index in [1.807, 2.05) is 36.0 Å². The quantitative estimate of drug-likeness (QED) is 0.862. The number of nitrogens with zero attached hydrogens (tertiary/aromatic N) is 1. The number of benzene rings is 2. The Balaban J connectivity index is 1.59. The fraction of sp³-hybridized carbons (Fsp3) is 0.350. The van der Waals surface area contributed by atoms with Gasteiger partial charge in [-0.2, -0.15) is 11.8 Å². The second kappa shape index (κ2) is 8.92. The number of nitrogens with one attached hydrogen (secondary N) is 1. The number of methoxy groups -OCH3 is 1. The van der Waals surface area contributed by atoms with Crippen molar-refractivity contribution in [2.45, 2.75) is 13.2 Å². The first-order valence-corrected chi connectivity index (χ1v) is 9.70. The number of hydrogen-bond acceptors (Lipinski definition) is 4. The fourth-order valence-electron chi connectivity index (χ4n) is 2.95. The van der Waals surface area contributed by atoms with Crippen LogP contribution in [0.1, 0.15) is 21.5 Å². The van der Waals surface area contributed by atoms with Gasteiger partial charge < -0.3 is 15.0 Å². The monoisotopic (exact) mass is 356 g/mol. The summed E-state index contributed by atoms with van der Waals surface area (Å²) in [5.74, 6) is 2.32. The molecule has 2 aromatic carbocycles. The highest BCUT2D eigenvalue weighted by Gasteiger charge is 2.12. The van der Waals surface area contributed by atoms with Crippen molar-refractivity contribution in [3.05, 3.63) is 65.2 Å². The molecular weight excluding hydrogens is 332 g/mol. The van der Waals surface area contributed by atoms with Gasteiger partial charge in [-0.3, -0.25) is 4.79 Å². The number of anilines is 1. The molecule has 0 saturated carbocycles. The lowest BCUT2D eigenvalue weighted by Crippen LogP contribution is -2.32. The fourth-order valence-corrected chi connectivity index (χ4v) is 3.85. The van der Waals surface area contributed by atoms with Gasteiger partial charge in [0.15, 0.2) is 0 Å². The lowest BCUT2D eigenvalue weighted by Gasteiger charge is -2.28. The summed E-state index contributed by atoms with van der Waals surface area (Å²) < 4.78 is 5.17. The van der Waals surface area contributed by atoms with Crippen LogP contribution in [0.25, 0.3) is 0 Å². The van der Waals surface area contributed by atoms with E-state index in [2.05, 4.69) is 34.5 Å². The first-order valence-electron chi connectivity index (χ1n) is 8.54. The number of rotatable bonds is 6. The molecule has 1 heterocycles. The van der Waals surface area contributed by atoms with Crippen LogP contribution in [0.4, 0.5) is 5.69 Å². The molecule has 0 bridgehead atoms. The molecule has 0 unspecified atom stereocenters. The molecule has 2 aromatic rings. The molecule has 25 heavy (non-hydrogen) atoms. The summed E-state index contributed by atoms with van der Waals surface area (Å²) in [6.07, 6.45) is 0. The molecule has 1 aliphatic rings. The van der Waals surface area contributed by atoms with Gasteiger partial charge in [-0.25, -0.2) is 0 Å². The van der Waals surface area contributed by atoms with Crippen LogP contribution in [-0.4, -0.2) is 37.6 Å². The van der Waals surface area contributed by atoms with Gasteiger partial charge in [0, 0.05) is 49.5 Å². The Morgan fingerprint density at radius 3 is 2.56 bits per heavy atom. The number of carbonyl (C=O) groups is 1. The highest BCUT2D eigenvalue weighted by Crippen LogP contribution is 2.20. The van der Waals surface area contributed by atoms with Crippen molar-refractivity contribution in [3.8, 4) is 0 Å². The first-order chi connectivity index (χ1) is 12.3. The van der Waals surface area contributed by atoms with Gasteiger partial charge in [0.1, 0.15) is 0 Å². The molecule has 3 rings (SSSR count). The lowest BCUT2D eigenvalue weighted by molar-refractivity contribution is 0.0946. The molecule has 1 fully saturated rings. The van der Waals surface area contributed by atoms with Crippen molar-refractivity contribution in [3.63, 3.8) is 0 Å². The third kappa shape index (κ3) is 4.77. The molecule has 5 heteroatoms. The van der Waals surface area contributed by atoms with Crippen molar-refractivity contribution in [1.29, 1.82) is 0 Å². The zero-order valence-electron chi connectivity index (χ0n) is 14.5. The van der Waals surface area contributed by atoms with E-state index in [4.69, 9.17) is 4.74 Å². The Labute approximate surface area is 153 Å². The Kier molecular flexibility index (Phi) is 6.36. The predicted octanol–water partition coefficient (Wildman–Crippen LogP) is 3.32. The van der Waals surface area contributed by atoms with Gasteiger partial charge in [0.25, 0.3) is 5.91 Å². The van der Waals surface area contributed by atoms with Gasteiger partial charge >= 0.3 is 0 Å². The molecular formula is C20H24N2O2S. The summed E-state index contributed by atoms with van der Waals surface area (Å²) in [5.41, 5.74) is 3.95. The van der Waals surface area contributed by atoms with E-state index in [1.165, 1.54) is 17.2 Å². The lowest BCUT2D eigenvalue weighted by atomic mass is 10.1. The first kappa shape index (κ1) is 17.8. The van der Waals surface area contributed by atoms with Crippen molar-refractivity contribution in [2.75, 3.05) is 36.6 Å². The number of carbonyl (C=O) groups excluding carboxylic acids is 1. The summed E-state index contributed by atoms with van der Waals surface area (Å²) in [4.78, 5) is 14.9. The number of thioether (sulfide) groups is 1. The van der Waals surface area contributed by atoms with Crippen LogP contribution in [0.5, 0.6) is 0 Å². The van der Waals surface area contributed by atoms with Gasteiger partial charge in [-0.1, -0.05) is 30.3 Å². The summed E-state index contributed by atoms with van der Waals surface area (Å²) in [6.45, 7) is 3.18.